The summed E-state index contributed by atoms with van der Waals surface area (Å²) in [6.07, 6.45) is -3.38. The van der Waals surface area contributed by atoms with E-state index < -0.39 is 11.7 Å². The van der Waals surface area contributed by atoms with Crippen molar-refractivity contribution in [2.24, 2.45) is 5.92 Å². The molecule has 1 aliphatic rings. The number of likely N-dealkylation sites (tertiary alicyclic amines) is 1. The van der Waals surface area contributed by atoms with Crippen LogP contribution >= 0.6 is 11.6 Å². The monoisotopic (exact) mass is 414 g/mol. The van der Waals surface area contributed by atoms with Crippen LogP contribution in [0.4, 0.5) is 23.2 Å². The minimum atomic E-state index is -4.46. The van der Waals surface area contributed by atoms with Crippen LogP contribution in [0.1, 0.15) is 24.0 Å². The molecule has 1 aliphatic heterocycles. The smallest absolute Gasteiger partial charge is 0.326 e. The third kappa shape index (κ3) is 5.02. The number of rotatable bonds is 4. The average molecular weight is 415 g/mol. The number of carbonyl (C=O) groups is 1. The summed E-state index contributed by atoms with van der Waals surface area (Å²) in [6.45, 7) is 1.50. The number of hydrogen-bond acceptors (Lipinski definition) is 2. The van der Waals surface area contributed by atoms with E-state index in [4.69, 9.17) is 11.6 Å². The van der Waals surface area contributed by atoms with E-state index in [0.717, 1.165) is 12.1 Å². The van der Waals surface area contributed by atoms with E-state index >= 15 is 0 Å². The second kappa shape index (κ2) is 8.49. The number of nitrogens with zero attached hydrogens (tertiary/aromatic N) is 1. The number of piperidine rings is 1. The van der Waals surface area contributed by atoms with Crippen molar-refractivity contribution in [2.45, 2.75) is 25.6 Å². The molecule has 1 fully saturated rings. The van der Waals surface area contributed by atoms with Crippen molar-refractivity contribution in [1.82, 2.24) is 4.90 Å². The topological polar surface area (TPSA) is 32.3 Å². The third-order valence-corrected chi connectivity index (χ3v) is 5.21. The number of alkyl halides is 3. The first-order valence-corrected chi connectivity index (χ1v) is 9.25. The van der Waals surface area contributed by atoms with Crippen molar-refractivity contribution >= 4 is 23.2 Å². The Morgan fingerprint density at radius 3 is 2.46 bits per heavy atom. The first-order chi connectivity index (χ1) is 13.2. The van der Waals surface area contributed by atoms with Crippen molar-refractivity contribution in [3.05, 3.63) is 64.4 Å². The van der Waals surface area contributed by atoms with E-state index in [9.17, 15) is 22.4 Å². The lowest BCUT2D eigenvalue weighted by atomic mass is 9.95. The van der Waals surface area contributed by atoms with Gasteiger partial charge in [-0.1, -0.05) is 23.7 Å². The van der Waals surface area contributed by atoms with Gasteiger partial charge < -0.3 is 5.32 Å². The highest BCUT2D eigenvalue weighted by Crippen LogP contribution is 2.31. The molecule has 2 aromatic rings. The lowest BCUT2D eigenvalue weighted by Crippen LogP contribution is -2.38. The van der Waals surface area contributed by atoms with E-state index in [1.165, 1.54) is 18.2 Å². The molecule has 28 heavy (non-hydrogen) atoms. The van der Waals surface area contributed by atoms with Gasteiger partial charge in [-0.15, -0.1) is 0 Å². The van der Waals surface area contributed by atoms with E-state index in [1.54, 1.807) is 12.1 Å². The van der Waals surface area contributed by atoms with Crippen molar-refractivity contribution in [3.63, 3.8) is 0 Å². The van der Waals surface area contributed by atoms with E-state index in [1.807, 2.05) is 4.90 Å². The maximum atomic E-state index is 13.9. The number of hydrogen-bond donors (Lipinski definition) is 1. The number of halogens is 5. The molecule has 3 nitrogen and oxygen atoms in total. The molecule has 8 heteroatoms. The second-order valence-electron chi connectivity index (χ2n) is 6.82. The van der Waals surface area contributed by atoms with E-state index in [0.29, 0.717) is 43.1 Å². The average Bonchev–Trinajstić information content (AvgIpc) is 2.65. The van der Waals surface area contributed by atoms with Crippen molar-refractivity contribution in [3.8, 4) is 0 Å². The fraction of sp³-hybridized carbons (Fsp3) is 0.350. The predicted octanol–water partition coefficient (Wildman–Crippen LogP) is 5.35. The summed E-state index contributed by atoms with van der Waals surface area (Å²) in [4.78, 5) is 14.4. The second-order valence-corrected chi connectivity index (χ2v) is 7.23. The van der Waals surface area contributed by atoms with Crippen LogP contribution in [0.15, 0.2) is 42.5 Å². The minimum absolute atomic E-state index is 0.125. The highest BCUT2D eigenvalue weighted by Gasteiger charge is 2.31. The number of carbonyl (C=O) groups excluding carboxylic acids is 1. The molecule has 0 saturated carbocycles. The maximum Gasteiger partial charge on any atom is 0.416 e. The third-order valence-electron chi connectivity index (χ3n) is 4.86. The van der Waals surface area contributed by atoms with Crippen molar-refractivity contribution in [2.75, 3.05) is 18.4 Å². The van der Waals surface area contributed by atoms with Crippen molar-refractivity contribution < 1.29 is 22.4 Å². The molecule has 0 atom stereocenters. The summed E-state index contributed by atoms with van der Waals surface area (Å²) in [7, 11) is 0. The Kier molecular flexibility index (Phi) is 6.25. The van der Waals surface area contributed by atoms with Gasteiger partial charge in [-0.05, 0) is 56.3 Å². The predicted molar refractivity (Wildman–Crippen MR) is 99.5 cm³/mol. The number of anilines is 1. The molecular formula is C20H19ClF4N2O. The summed E-state index contributed by atoms with van der Waals surface area (Å²) >= 11 is 6.05. The Morgan fingerprint density at radius 2 is 1.82 bits per heavy atom. The lowest BCUT2D eigenvalue weighted by Gasteiger charge is -2.31. The van der Waals surface area contributed by atoms with Gasteiger partial charge in [0.05, 0.1) is 5.56 Å². The molecule has 1 saturated heterocycles. The fourth-order valence-electron chi connectivity index (χ4n) is 3.28. The minimum Gasteiger partial charge on any atom is -0.326 e. The summed E-state index contributed by atoms with van der Waals surface area (Å²) in [5.74, 6) is -0.971. The molecule has 3 rings (SSSR count). The molecule has 0 aromatic heterocycles. The van der Waals surface area contributed by atoms with Gasteiger partial charge in [0, 0.05) is 28.7 Å². The standard InChI is InChI=1S/C20H19ClF4N2O/c21-17-5-2-6-18(22)16(17)12-27-9-7-13(8-10-27)19(28)26-15-4-1-3-14(11-15)20(23,24)25/h1-6,11,13H,7-10,12H2,(H,26,28). The molecule has 0 unspecified atom stereocenters. The molecule has 0 radical (unpaired) electrons. The SMILES string of the molecule is O=C(Nc1cccc(C(F)(F)F)c1)C1CCN(Cc2c(F)cccc2Cl)CC1. The molecule has 0 bridgehead atoms. The zero-order valence-electron chi connectivity index (χ0n) is 14.9. The van der Waals surface area contributed by atoms with Gasteiger partial charge in [-0.3, -0.25) is 9.69 Å². The molecular weight excluding hydrogens is 396 g/mol. The molecule has 1 amide bonds. The zero-order chi connectivity index (χ0) is 20.3. The Hall–Kier alpha value is -2.12. The van der Waals surface area contributed by atoms with Crippen LogP contribution in [-0.2, 0) is 17.5 Å². The molecule has 150 valence electrons. The first-order valence-electron chi connectivity index (χ1n) is 8.87. The van der Waals surface area contributed by atoms with Gasteiger partial charge in [-0.2, -0.15) is 13.2 Å². The Balaban J connectivity index is 1.56. The molecule has 1 N–H and O–H groups in total. The van der Waals surface area contributed by atoms with E-state index in [2.05, 4.69) is 5.32 Å². The molecule has 1 heterocycles. The fourth-order valence-corrected chi connectivity index (χ4v) is 3.50. The Bertz CT molecular complexity index is 828. The van der Waals surface area contributed by atoms with Gasteiger partial charge in [-0.25, -0.2) is 4.39 Å². The van der Waals surface area contributed by atoms with Crippen LogP contribution in [0.3, 0.4) is 0 Å². The van der Waals surface area contributed by atoms with Gasteiger partial charge in [0.2, 0.25) is 5.91 Å². The maximum absolute atomic E-state index is 13.9. The van der Waals surface area contributed by atoms with Crippen LogP contribution in [0.25, 0.3) is 0 Å². The molecule has 0 aliphatic carbocycles. The zero-order valence-corrected chi connectivity index (χ0v) is 15.7. The van der Waals surface area contributed by atoms with Crippen LogP contribution in [0.2, 0.25) is 5.02 Å². The normalized spacial score (nSPS) is 16.2. The number of amides is 1. The molecule has 2 aromatic carbocycles. The highest BCUT2D eigenvalue weighted by molar-refractivity contribution is 6.31. The van der Waals surface area contributed by atoms with Gasteiger partial charge in [0.1, 0.15) is 5.82 Å². The van der Waals surface area contributed by atoms with Gasteiger partial charge in [0.25, 0.3) is 0 Å². The Morgan fingerprint density at radius 1 is 1.14 bits per heavy atom. The number of nitrogens with one attached hydrogen (secondary N) is 1. The first kappa shape index (κ1) is 20.6. The summed E-state index contributed by atoms with van der Waals surface area (Å²) in [5, 5.41) is 2.93. The van der Waals surface area contributed by atoms with Gasteiger partial charge in [0.15, 0.2) is 0 Å². The summed E-state index contributed by atoms with van der Waals surface area (Å²) < 4.78 is 52.3. The van der Waals surface area contributed by atoms with Crippen LogP contribution in [-0.4, -0.2) is 23.9 Å². The van der Waals surface area contributed by atoms with Gasteiger partial charge >= 0.3 is 6.18 Å². The molecule has 0 spiro atoms. The number of benzene rings is 2. The van der Waals surface area contributed by atoms with E-state index in [-0.39, 0.29) is 23.3 Å². The van der Waals surface area contributed by atoms with Crippen LogP contribution < -0.4 is 5.32 Å². The van der Waals surface area contributed by atoms with Crippen molar-refractivity contribution in [1.29, 1.82) is 0 Å². The quantitative estimate of drug-likeness (QED) is 0.684. The Labute approximate surface area is 165 Å². The van der Waals surface area contributed by atoms with Crippen LogP contribution in [0.5, 0.6) is 0 Å². The largest absolute Gasteiger partial charge is 0.416 e. The summed E-state index contributed by atoms with van der Waals surface area (Å²) in [5.41, 5.74) is -0.252. The lowest BCUT2D eigenvalue weighted by molar-refractivity contribution is -0.137. The van der Waals surface area contributed by atoms with Crippen LogP contribution in [0, 0.1) is 11.7 Å². The highest BCUT2D eigenvalue weighted by atomic mass is 35.5. The summed E-state index contributed by atoms with van der Waals surface area (Å²) in [6, 6.07) is 9.12.